The molecule has 4 aliphatic heterocycles. The molecule has 620 valence electrons. The van der Waals surface area contributed by atoms with E-state index in [1.54, 1.807) is 37.3 Å². The topological polar surface area (TPSA) is 368 Å². The van der Waals surface area contributed by atoms with Crippen molar-refractivity contribution < 1.29 is 83.6 Å². The number of ketones is 2. The van der Waals surface area contributed by atoms with Crippen molar-refractivity contribution in [3.8, 4) is 23.3 Å². The predicted octanol–water partition coefficient (Wildman–Crippen LogP) is 10.6. The van der Waals surface area contributed by atoms with Crippen molar-refractivity contribution >= 4 is 102 Å². The number of carbonyl (C=O) groups excluding carboxylic acids is 8. The van der Waals surface area contributed by atoms with Crippen molar-refractivity contribution in [3.63, 3.8) is 0 Å². The summed E-state index contributed by atoms with van der Waals surface area (Å²) >= 11 is 0. The number of Topliss-reactive ketones (excluding diaryl/α,β-unsaturated/α-hetero) is 2. The average molecular weight is 1630 g/mol. The lowest BCUT2D eigenvalue weighted by atomic mass is 9.77. The minimum atomic E-state index is -3.86. The van der Waals surface area contributed by atoms with Gasteiger partial charge in [0.25, 0.3) is 5.91 Å². The van der Waals surface area contributed by atoms with Gasteiger partial charge in [0.2, 0.25) is 49.5 Å². The number of sulfonamides is 2. The Bertz CT molecular complexity index is 4540. The lowest BCUT2D eigenvalue weighted by Gasteiger charge is -2.35. The first-order valence-electron chi connectivity index (χ1n) is 39.6. The van der Waals surface area contributed by atoms with E-state index in [-0.39, 0.29) is 112 Å². The molecule has 6 saturated carbocycles. The van der Waals surface area contributed by atoms with Crippen LogP contribution in [-0.4, -0.2) is 174 Å². The van der Waals surface area contributed by atoms with E-state index in [9.17, 15) is 55.2 Å². The summed E-state index contributed by atoms with van der Waals surface area (Å²) in [7, 11) is -4.15. The number of carbonyl (C=O) groups is 8. The molecule has 16 atom stereocenters. The first kappa shape index (κ1) is 87.5. The molecule has 113 heavy (non-hydrogen) atoms. The number of ether oxygens (including phenoxy) is 6. The summed E-state index contributed by atoms with van der Waals surface area (Å²) in [4.78, 5) is 131. The number of benzene rings is 2. The highest BCUT2D eigenvalue weighted by molar-refractivity contribution is 7.91. The molecule has 4 bridgehead atoms. The molecule has 27 nitrogen and oxygen atoms in total. The van der Waals surface area contributed by atoms with Gasteiger partial charge in [-0.2, -0.15) is 0 Å². The highest BCUT2D eigenvalue weighted by Crippen LogP contribution is 2.57. The van der Waals surface area contributed by atoms with E-state index >= 15 is 0 Å². The number of nitrogens with two attached hydrogens (primary N) is 1. The second-order valence-electron chi connectivity index (χ2n) is 34.9. The Morgan fingerprint density at radius 2 is 1.01 bits per heavy atom. The maximum atomic E-state index is 14.8. The first-order chi connectivity index (χ1) is 52.4. The summed E-state index contributed by atoms with van der Waals surface area (Å²) in [6.07, 6.45) is 15.1. The Labute approximate surface area is 670 Å². The lowest BCUT2D eigenvalue weighted by molar-refractivity contribution is -0.154. The van der Waals surface area contributed by atoms with E-state index in [2.05, 4.69) is 17.9 Å². The van der Waals surface area contributed by atoms with E-state index in [0.29, 0.717) is 102 Å². The molecule has 10 aliphatic rings. The predicted molar refractivity (Wildman–Crippen MR) is 426 cm³/mol. The Hall–Kier alpha value is -7.89. The number of fused-ring (bicyclic) bond motifs is 10. The summed E-state index contributed by atoms with van der Waals surface area (Å²) < 4.78 is 88.7. The molecule has 4 amide bonds. The van der Waals surface area contributed by atoms with Gasteiger partial charge in [0.15, 0.2) is 11.6 Å². The Balaban J connectivity index is 0.000000204. The minimum Gasteiger partial charge on any atom is -0.497 e. The normalized spacial score (nSPS) is 30.6. The highest BCUT2D eigenvalue weighted by Gasteiger charge is 2.63. The van der Waals surface area contributed by atoms with Gasteiger partial charge >= 0.3 is 11.9 Å². The fourth-order valence-electron chi connectivity index (χ4n) is 16.5. The largest absolute Gasteiger partial charge is 0.497 e. The number of hydrogen-bond acceptors (Lipinski definition) is 23. The first-order valence-corrected chi connectivity index (χ1v) is 42.7. The number of aromatic nitrogens is 4. The van der Waals surface area contributed by atoms with E-state index < -0.39 is 118 Å². The fourth-order valence-corrected chi connectivity index (χ4v) is 19.3. The van der Waals surface area contributed by atoms with Gasteiger partial charge < -0.3 is 44.0 Å². The maximum absolute atomic E-state index is 14.8. The number of rotatable bonds is 14. The summed E-state index contributed by atoms with van der Waals surface area (Å²) in [5.41, 5.74) is 6.37. The van der Waals surface area contributed by atoms with Crippen LogP contribution in [0.3, 0.4) is 0 Å². The van der Waals surface area contributed by atoms with Crippen LogP contribution in [0.15, 0.2) is 61.7 Å². The van der Waals surface area contributed by atoms with Crippen molar-refractivity contribution in [1.82, 2.24) is 39.2 Å². The molecule has 4 N–H and O–H groups in total. The second-order valence-corrected chi connectivity index (χ2v) is 38.9. The Morgan fingerprint density at radius 1 is 0.584 bits per heavy atom. The number of allylic oxidation sites excluding steroid dienone is 1. The molecule has 30 heteroatoms. The van der Waals surface area contributed by atoms with Crippen LogP contribution in [0.5, 0.6) is 23.3 Å². The zero-order valence-electron chi connectivity index (χ0n) is 66.4. The third kappa shape index (κ3) is 20.0. The van der Waals surface area contributed by atoms with Crippen molar-refractivity contribution in [2.75, 3.05) is 27.3 Å². The molecule has 6 aliphatic carbocycles. The van der Waals surface area contributed by atoms with E-state index in [1.807, 2.05) is 90.4 Å². The summed E-state index contributed by atoms with van der Waals surface area (Å²) in [6.45, 7) is 24.5. The quantitative estimate of drug-likeness (QED) is 0.0780. The van der Waals surface area contributed by atoms with Gasteiger partial charge in [-0.1, -0.05) is 101 Å². The minimum absolute atomic E-state index is 0. The van der Waals surface area contributed by atoms with E-state index in [4.69, 9.17) is 54.1 Å². The zero-order chi connectivity index (χ0) is 80.2. The monoisotopic (exact) mass is 1630 g/mol. The van der Waals surface area contributed by atoms with Crippen molar-refractivity contribution in [1.29, 1.82) is 0 Å². The number of halogens is 1. The average Bonchev–Trinajstić information content (AvgIpc) is 1.60. The molecule has 2 saturated heterocycles. The molecule has 0 unspecified atom stereocenters. The molecule has 14 rings (SSSR count). The van der Waals surface area contributed by atoms with Gasteiger partial charge in [0, 0.05) is 36.3 Å². The molecule has 0 radical (unpaired) electrons. The highest BCUT2D eigenvalue weighted by atomic mass is 35.5. The molecule has 2 aromatic heterocycles. The summed E-state index contributed by atoms with van der Waals surface area (Å²) in [5.74, 6) is -3.19. The van der Waals surface area contributed by atoms with Crippen LogP contribution < -0.4 is 34.1 Å². The van der Waals surface area contributed by atoms with Crippen LogP contribution in [0.25, 0.3) is 22.1 Å². The van der Waals surface area contributed by atoms with Gasteiger partial charge in [-0.3, -0.25) is 47.8 Å². The molecule has 6 heterocycles. The molecule has 2 aromatic carbocycles. The number of amides is 4. The van der Waals surface area contributed by atoms with Gasteiger partial charge in [-0.05, 0) is 150 Å². The van der Waals surface area contributed by atoms with Crippen molar-refractivity contribution in [3.05, 3.63) is 73.1 Å². The van der Waals surface area contributed by atoms with Gasteiger partial charge in [-0.25, -0.2) is 36.8 Å². The van der Waals surface area contributed by atoms with Crippen molar-refractivity contribution in [2.45, 2.75) is 257 Å². The summed E-state index contributed by atoms with van der Waals surface area (Å²) in [5, 5.41) is -1.01. The Kier molecular flexibility index (Phi) is 26.7. The van der Waals surface area contributed by atoms with Crippen LogP contribution in [-0.2, 0) is 80.7 Å². The van der Waals surface area contributed by atoms with E-state index in [1.165, 1.54) is 11.8 Å². The molecular formula is C83H116ClN9O18S2. The Morgan fingerprint density at radius 3 is 1.40 bits per heavy atom. The van der Waals surface area contributed by atoms with Gasteiger partial charge in [0.1, 0.15) is 52.8 Å². The van der Waals surface area contributed by atoms with Gasteiger partial charge in [-0.15, -0.1) is 25.6 Å². The van der Waals surface area contributed by atoms with Crippen LogP contribution >= 0.6 is 12.4 Å². The number of methoxy groups -OCH3 is 2. The maximum Gasteiger partial charge on any atom is 0.306 e. The van der Waals surface area contributed by atoms with Crippen molar-refractivity contribution in [2.24, 2.45) is 69.3 Å². The molecular weight excluding hydrogens is 1510 g/mol. The third-order valence-electron chi connectivity index (χ3n) is 24.5. The van der Waals surface area contributed by atoms with Gasteiger partial charge in [0.05, 0.1) is 102 Å². The van der Waals surface area contributed by atoms with Crippen LogP contribution in [0.1, 0.15) is 203 Å². The van der Waals surface area contributed by atoms with E-state index in [0.717, 1.165) is 75.4 Å². The standard InChI is InChI=1S/C41H54N4O9S.C32H43N3O6.C9H14N2O3S.CH4.ClH/c1-7-25-20-41(25,39(49)44-55(50,51)27-14-15-27)21-32(46)36-23(2)34-22-45(36)38(48)28(40(3,4)5)19-35(47)53-33-17-24(33)11-9-8-10-12-30-37(54-34)43-31-18-26(52-6)13-16-29(31)42-30;1-18-27-17-35(29(18)19(2)36)31(38)22(32(3,4)5)16-28(37)40-26-14-20(26)10-8-7-9-11-24-30(41-27)34-25-15-21(39-6)12-13-23(25)33-24;1-2-6-5-9(6,10)8(12)11-15(13,14)7-3-4-7;;/h7,13,16,18,23-25,27-28,33-34,36H,1,8-12,14-15,17,19-22H2,2-6H3,(H,44,49);12-13,15,18,20,22,26-27,29H,7-11,14,16-17H2,1-6H3;2,6-7H,1,3-5,10H2,(H,11,12);1H4;1H/t23-,24-,25-,28-,33-,34+,36+,41-;18-,20-,22-,26-,27+,29+;6-,9-;;/m111../s1. The second kappa shape index (κ2) is 34.5. The zero-order valence-corrected chi connectivity index (χ0v) is 68.8. The molecule has 8 fully saturated rings. The SMILES string of the molecule is C.C=C[C@@H]1C[C@]1(CC(=O)[C@@H]1[C@H](C)[C@@H]2CN1C(=O)[C@H](C(C)(C)C)CC(=O)O[C@@H]1C[C@H]1CCCCCc1nc3ccc(OC)cc3nc1O2)C(=O)NS(=O)(=O)C1CC1.C=C[C@@H]1C[C@]1(N)C(=O)NS(=O)(=O)C1CC1.COc1ccc2nc3c(nc2c1)O[C@H]1CN(C(=O)[C@H](C(C)(C)C)CC(=O)O[C@@H]2C[C@H]2CCCCC3)[C@H](C(C)=O)[C@@H]1C.Cl. The lowest BCUT2D eigenvalue weighted by Crippen LogP contribution is -2.49. The summed E-state index contributed by atoms with van der Waals surface area (Å²) in [6, 6.07) is 9.41. The number of hydrogen-bond donors (Lipinski definition) is 3. The number of nitrogens with zero attached hydrogens (tertiary/aromatic N) is 6. The third-order valence-corrected chi connectivity index (χ3v) is 28.1. The van der Waals surface area contributed by atoms with Crippen LogP contribution in [0.2, 0.25) is 0 Å². The molecule has 0 spiro atoms. The number of aryl methyl sites for hydroxylation is 2. The number of nitrogens with one attached hydrogen (secondary N) is 2. The van der Waals surface area contributed by atoms with Crippen LogP contribution in [0.4, 0.5) is 0 Å². The molecule has 4 aromatic rings. The fraction of sp³-hybridized carbons (Fsp3) is 0.663. The smallest absolute Gasteiger partial charge is 0.306 e. The van der Waals surface area contributed by atoms with Crippen LogP contribution in [0, 0.1) is 63.6 Å². The number of esters is 2.